The van der Waals surface area contributed by atoms with E-state index < -0.39 is 11.7 Å². The molecular weight excluding hydrogens is 371 g/mol. The molecule has 0 saturated heterocycles. The topological polar surface area (TPSA) is 58.6 Å². The number of halogens is 1. The van der Waals surface area contributed by atoms with Crippen molar-refractivity contribution in [1.82, 2.24) is 0 Å². The Bertz CT molecular complexity index is 1040. The predicted octanol–water partition coefficient (Wildman–Crippen LogP) is 4.43. The maximum absolute atomic E-state index is 13.7. The molecule has 0 saturated carbocycles. The van der Waals surface area contributed by atoms with Crippen molar-refractivity contribution >= 4 is 23.2 Å². The Labute approximate surface area is 168 Å². The summed E-state index contributed by atoms with van der Waals surface area (Å²) >= 11 is 0. The van der Waals surface area contributed by atoms with E-state index in [0.717, 1.165) is 11.3 Å². The highest BCUT2D eigenvalue weighted by atomic mass is 19.1. The number of carbonyl (C=O) groups is 2. The van der Waals surface area contributed by atoms with E-state index in [1.807, 2.05) is 31.2 Å². The number of ether oxygens (including phenoxy) is 1. The van der Waals surface area contributed by atoms with E-state index in [2.05, 4.69) is 5.32 Å². The van der Waals surface area contributed by atoms with E-state index in [9.17, 15) is 14.0 Å². The third-order valence-corrected chi connectivity index (χ3v) is 4.32. The van der Waals surface area contributed by atoms with Gasteiger partial charge in [0, 0.05) is 12.7 Å². The zero-order valence-corrected chi connectivity index (χ0v) is 16.2. The summed E-state index contributed by atoms with van der Waals surface area (Å²) in [5, 5.41) is 2.45. The molecule has 2 amide bonds. The fourth-order valence-electron chi connectivity index (χ4n) is 2.80. The molecule has 0 unspecified atom stereocenters. The number of amides is 2. The maximum atomic E-state index is 13.7. The van der Waals surface area contributed by atoms with Gasteiger partial charge >= 0.3 is 0 Å². The number of hydrogen-bond acceptors (Lipinski definition) is 3. The van der Waals surface area contributed by atoms with E-state index >= 15 is 0 Å². The number of anilines is 2. The lowest BCUT2D eigenvalue weighted by Crippen LogP contribution is -2.27. The van der Waals surface area contributed by atoms with Crippen LogP contribution in [0, 0.1) is 12.7 Å². The number of nitrogens with one attached hydrogen (secondary N) is 1. The van der Waals surface area contributed by atoms with Gasteiger partial charge in [-0.05, 0) is 48.9 Å². The summed E-state index contributed by atoms with van der Waals surface area (Å²) in [6.45, 7) is 1.60. The fraction of sp³-hybridized carbons (Fsp3) is 0.130. The first kappa shape index (κ1) is 20.1. The van der Waals surface area contributed by atoms with Crippen LogP contribution in [0.2, 0.25) is 0 Å². The minimum Gasteiger partial charge on any atom is -0.483 e. The molecule has 0 atom stereocenters. The Hall–Kier alpha value is -3.67. The van der Waals surface area contributed by atoms with Crippen molar-refractivity contribution < 1.29 is 18.7 Å². The van der Waals surface area contributed by atoms with Gasteiger partial charge in [-0.25, -0.2) is 4.39 Å². The van der Waals surface area contributed by atoms with E-state index in [0.29, 0.717) is 5.56 Å². The summed E-state index contributed by atoms with van der Waals surface area (Å²) in [5.74, 6) is -1.04. The van der Waals surface area contributed by atoms with Gasteiger partial charge in [-0.1, -0.05) is 36.4 Å². The minimum absolute atomic E-state index is 0.0737. The molecule has 0 fully saturated rings. The molecule has 148 valence electrons. The van der Waals surface area contributed by atoms with Crippen molar-refractivity contribution in [3.63, 3.8) is 0 Å². The van der Waals surface area contributed by atoms with Gasteiger partial charge in [-0.15, -0.1) is 0 Å². The van der Waals surface area contributed by atoms with E-state index in [4.69, 9.17) is 4.74 Å². The molecule has 0 aromatic heterocycles. The molecule has 29 heavy (non-hydrogen) atoms. The molecule has 5 nitrogen and oxygen atoms in total. The van der Waals surface area contributed by atoms with Crippen LogP contribution < -0.4 is 15.0 Å². The average molecular weight is 392 g/mol. The SMILES string of the molecule is Cc1cccc(N(C)C(=O)c2ccccc2OCC(=O)Nc2ccccc2F)c1. The highest BCUT2D eigenvalue weighted by Crippen LogP contribution is 2.23. The third kappa shape index (κ3) is 4.99. The van der Waals surface area contributed by atoms with Crippen LogP contribution in [0.4, 0.5) is 15.8 Å². The van der Waals surface area contributed by atoms with Crippen LogP contribution in [0.5, 0.6) is 5.75 Å². The second kappa shape index (κ2) is 9.01. The summed E-state index contributed by atoms with van der Waals surface area (Å²) < 4.78 is 19.2. The van der Waals surface area contributed by atoms with Crippen LogP contribution in [0.15, 0.2) is 72.8 Å². The predicted molar refractivity (Wildman–Crippen MR) is 111 cm³/mol. The second-order valence-electron chi connectivity index (χ2n) is 6.52. The normalized spacial score (nSPS) is 10.3. The highest BCUT2D eigenvalue weighted by Gasteiger charge is 2.18. The molecule has 0 spiro atoms. The smallest absolute Gasteiger partial charge is 0.262 e. The molecule has 0 aliphatic rings. The second-order valence-corrected chi connectivity index (χ2v) is 6.52. The van der Waals surface area contributed by atoms with Crippen LogP contribution in [0.1, 0.15) is 15.9 Å². The quantitative estimate of drug-likeness (QED) is 0.675. The van der Waals surface area contributed by atoms with Gasteiger partial charge in [0.05, 0.1) is 11.3 Å². The molecule has 0 radical (unpaired) electrons. The molecule has 3 aromatic rings. The first-order valence-electron chi connectivity index (χ1n) is 9.06. The summed E-state index contributed by atoms with van der Waals surface area (Å²) in [6, 6.07) is 20.1. The zero-order valence-electron chi connectivity index (χ0n) is 16.2. The van der Waals surface area contributed by atoms with E-state index in [1.165, 1.54) is 23.1 Å². The Morgan fingerprint density at radius 1 is 1.00 bits per heavy atom. The lowest BCUT2D eigenvalue weighted by molar-refractivity contribution is -0.118. The van der Waals surface area contributed by atoms with Gasteiger partial charge in [0.1, 0.15) is 11.6 Å². The van der Waals surface area contributed by atoms with Gasteiger partial charge < -0.3 is 15.0 Å². The number of rotatable bonds is 6. The van der Waals surface area contributed by atoms with Crippen LogP contribution in [-0.4, -0.2) is 25.5 Å². The molecule has 1 N–H and O–H groups in total. The average Bonchev–Trinajstić information content (AvgIpc) is 2.73. The lowest BCUT2D eigenvalue weighted by Gasteiger charge is -2.19. The first-order valence-corrected chi connectivity index (χ1v) is 9.06. The van der Waals surface area contributed by atoms with Crippen LogP contribution in [0.25, 0.3) is 0 Å². The molecular formula is C23H21FN2O3. The first-order chi connectivity index (χ1) is 14.0. The number of carbonyl (C=O) groups excluding carboxylic acids is 2. The summed E-state index contributed by atoms with van der Waals surface area (Å²) in [7, 11) is 1.68. The molecule has 0 bridgehead atoms. The van der Waals surface area contributed by atoms with Crippen LogP contribution in [-0.2, 0) is 4.79 Å². The summed E-state index contributed by atoms with van der Waals surface area (Å²) in [4.78, 5) is 26.6. The largest absolute Gasteiger partial charge is 0.483 e. The van der Waals surface area contributed by atoms with E-state index in [-0.39, 0.29) is 24.0 Å². The molecule has 3 aromatic carbocycles. The van der Waals surface area contributed by atoms with Gasteiger partial charge in [0.2, 0.25) is 0 Å². The number of benzene rings is 3. The van der Waals surface area contributed by atoms with Crippen molar-refractivity contribution in [2.24, 2.45) is 0 Å². The number of para-hydroxylation sites is 2. The highest BCUT2D eigenvalue weighted by molar-refractivity contribution is 6.07. The van der Waals surface area contributed by atoms with Crippen molar-refractivity contribution in [3.8, 4) is 5.75 Å². The number of nitrogens with zero attached hydrogens (tertiary/aromatic N) is 1. The van der Waals surface area contributed by atoms with Crippen LogP contribution in [0.3, 0.4) is 0 Å². The molecule has 0 aliphatic heterocycles. The Morgan fingerprint density at radius 3 is 2.48 bits per heavy atom. The minimum atomic E-state index is -0.531. The monoisotopic (exact) mass is 392 g/mol. The standard InChI is InChI=1S/C23H21FN2O3/c1-16-8-7-9-17(14-16)26(2)23(28)18-10-3-6-13-21(18)29-15-22(27)25-20-12-5-4-11-19(20)24/h3-14H,15H2,1-2H3,(H,25,27). The summed E-state index contributed by atoms with van der Waals surface area (Å²) in [5.41, 5.74) is 2.19. The van der Waals surface area contributed by atoms with Gasteiger partial charge in [-0.2, -0.15) is 0 Å². The van der Waals surface area contributed by atoms with E-state index in [1.54, 1.807) is 37.4 Å². The fourth-order valence-corrected chi connectivity index (χ4v) is 2.80. The summed E-state index contributed by atoms with van der Waals surface area (Å²) in [6.07, 6.45) is 0. The van der Waals surface area contributed by atoms with Crippen LogP contribution >= 0.6 is 0 Å². The van der Waals surface area contributed by atoms with Crippen molar-refractivity contribution in [2.75, 3.05) is 23.9 Å². The molecule has 0 heterocycles. The van der Waals surface area contributed by atoms with Gasteiger partial charge in [0.15, 0.2) is 6.61 Å². The van der Waals surface area contributed by atoms with Gasteiger partial charge in [0.25, 0.3) is 11.8 Å². The molecule has 0 aliphatic carbocycles. The molecule has 3 rings (SSSR count). The van der Waals surface area contributed by atoms with Crippen molar-refractivity contribution in [3.05, 3.63) is 89.7 Å². The zero-order chi connectivity index (χ0) is 20.8. The number of aryl methyl sites for hydroxylation is 1. The number of hydrogen-bond donors (Lipinski definition) is 1. The lowest BCUT2D eigenvalue weighted by atomic mass is 10.1. The van der Waals surface area contributed by atoms with Crippen molar-refractivity contribution in [1.29, 1.82) is 0 Å². The third-order valence-electron chi connectivity index (χ3n) is 4.32. The van der Waals surface area contributed by atoms with Crippen molar-refractivity contribution in [2.45, 2.75) is 6.92 Å². The maximum Gasteiger partial charge on any atom is 0.262 e. The Morgan fingerprint density at radius 2 is 1.72 bits per heavy atom. The Balaban J connectivity index is 1.71. The molecule has 6 heteroatoms. The Kier molecular flexibility index (Phi) is 6.24. The van der Waals surface area contributed by atoms with Gasteiger partial charge in [-0.3, -0.25) is 9.59 Å².